The topological polar surface area (TPSA) is 191 Å². The second-order valence-corrected chi connectivity index (χ2v) is 12.8. The van der Waals surface area contributed by atoms with E-state index >= 15 is 0 Å². The van der Waals surface area contributed by atoms with E-state index in [1.807, 2.05) is 27.7 Å². The molecule has 1 fully saturated rings. The lowest BCUT2D eigenvalue weighted by Crippen LogP contribution is -2.36. The van der Waals surface area contributed by atoms with Crippen LogP contribution < -0.4 is 10.9 Å². The van der Waals surface area contributed by atoms with Gasteiger partial charge in [0.2, 0.25) is 11.9 Å². The number of fused-ring (bicyclic) bond motifs is 1. The maximum absolute atomic E-state index is 12.7. The molecular weight excluding hydrogens is 593 g/mol. The predicted molar refractivity (Wildman–Crippen MR) is 161 cm³/mol. The number of hydrogen-bond acceptors (Lipinski definition) is 12. The first-order chi connectivity index (χ1) is 20.8. The number of rotatable bonds is 16. The molecular formula is C28H42N7O8P. The summed E-state index contributed by atoms with van der Waals surface area (Å²) in [6.07, 6.45) is -0.501. The Labute approximate surface area is 257 Å². The van der Waals surface area contributed by atoms with Crippen LogP contribution in [0.2, 0.25) is 0 Å². The highest BCUT2D eigenvalue weighted by molar-refractivity contribution is 7.44. The smallest absolute Gasteiger partial charge is 0.306 e. The Morgan fingerprint density at radius 1 is 1.20 bits per heavy atom. The molecule has 0 spiro atoms. The van der Waals surface area contributed by atoms with Crippen LogP contribution in [0.25, 0.3) is 11.2 Å². The molecule has 15 nitrogen and oxygen atoms in total. The highest BCUT2D eigenvalue weighted by Gasteiger charge is 2.41. The van der Waals surface area contributed by atoms with Crippen molar-refractivity contribution in [2.45, 2.75) is 105 Å². The molecule has 2 aromatic rings. The van der Waals surface area contributed by atoms with Crippen LogP contribution in [0.3, 0.4) is 0 Å². The Bertz CT molecular complexity index is 1390. The molecule has 0 radical (unpaired) electrons. The molecule has 0 aliphatic carbocycles. The summed E-state index contributed by atoms with van der Waals surface area (Å²) < 4.78 is 28.0. The second kappa shape index (κ2) is 16.2. The van der Waals surface area contributed by atoms with E-state index in [2.05, 4.69) is 31.0 Å². The fourth-order valence-electron chi connectivity index (χ4n) is 4.56. The molecule has 3 rings (SSSR count). The zero-order valence-electron chi connectivity index (χ0n) is 26.2. The number of Topliss-reactive ketones (excluding diaryl/α,β-unsaturated/α-hetero) is 1. The number of aromatic nitrogens is 4. The molecule has 1 unspecified atom stereocenters. The number of hydrogen-bond donors (Lipinski definition) is 2. The van der Waals surface area contributed by atoms with E-state index in [0.29, 0.717) is 0 Å². The highest BCUT2D eigenvalue weighted by atomic mass is 31.2. The molecule has 0 saturated carbocycles. The first-order valence-corrected chi connectivity index (χ1v) is 15.8. The molecule has 16 heteroatoms. The summed E-state index contributed by atoms with van der Waals surface area (Å²) in [6, 6.07) is 2.22. The second-order valence-electron chi connectivity index (χ2n) is 11.3. The lowest BCUT2D eigenvalue weighted by molar-refractivity contribution is -0.153. The van der Waals surface area contributed by atoms with Crippen molar-refractivity contribution < 1.29 is 32.9 Å². The minimum Gasteiger partial charge on any atom is -0.459 e. The highest BCUT2D eigenvalue weighted by Crippen LogP contribution is 2.47. The summed E-state index contributed by atoms with van der Waals surface area (Å²) in [5, 5.41) is 11.6. The predicted octanol–water partition coefficient (Wildman–Crippen LogP) is 3.58. The molecule has 1 amide bonds. The molecule has 0 bridgehead atoms. The van der Waals surface area contributed by atoms with E-state index < -0.39 is 38.5 Å². The Kier molecular flexibility index (Phi) is 12.9. The zero-order valence-corrected chi connectivity index (χ0v) is 27.1. The van der Waals surface area contributed by atoms with Crippen LogP contribution >= 0.6 is 8.53 Å². The quantitative estimate of drug-likeness (QED) is 0.155. The number of esters is 1. The molecule has 1 saturated heterocycles. The first-order valence-electron chi connectivity index (χ1n) is 14.7. The summed E-state index contributed by atoms with van der Waals surface area (Å²) in [7, 11) is -1.60. The van der Waals surface area contributed by atoms with Gasteiger partial charge in [0.25, 0.3) is 14.1 Å². The summed E-state index contributed by atoms with van der Waals surface area (Å²) in [4.78, 5) is 60.2. The third-order valence-electron chi connectivity index (χ3n) is 6.66. The number of imidazole rings is 1. The van der Waals surface area contributed by atoms with Gasteiger partial charge in [0.15, 0.2) is 11.2 Å². The van der Waals surface area contributed by atoms with Crippen molar-refractivity contribution in [2.24, 2.45) is 5.92 Å². The summed E-state index contributed by atoms with van der Waals surface area (Å²) in [6.45, 7) is 13.1. The fraction of sp³-hybridized carbons (Fsp3) is 0.679. The number of H-pyrrole nitrogens is 1. The number of ether oxygens (including phenoxy) is 2. The average molecular weight is 636 g/mol. The third kappa shape index (κ3) is 9.36. The van der Waals surface area contributed by atoms with Crippen molar-refractivity contribution in [1.82, 2.24) is 24.2 Å². The Morgan fingerprint density at radius 2 is 1.91 bits per heavy atom. The van der Waals surface area contributed by atoms with E-state index in [0.717, 1.165) is 0 Å². The van der Waals surface area contributed by atoms with Crippen LogP contribution in [0.4, 0.5) is 5.95 Å². The van der Waals surface area contributed by atoms with Crippen molar-refractivity contribution in [3.63, 3.8) is 0 Å². The average Bonchev–Trinajstić information content (AvgIpc) is 3.54. The number of nitrogens with zero attached hydrogens (tertiary/aromatic N) is 5. The third-order valence-corrected chi connectivity index (χ3v) is 8.74. The number of carbonyl (C=O) groups is 3. The lowest BCUT2D eigenvalue weighted by Gasteiger charge is -2.36. The number of anilines is 1. The lowest BCUT2D eigenvalue weighted by atomic mass is 10.2. The molecule has 242 valence electrons. The van der Waals surface area contributed by atoms with Gasteiger partial charge in [-0.2, -0.15) is 10.2 Å². The normalized spacial score (nSPS) is 19.2. The van der Waals surface area contributed by atoms with Gasteiger partial charge in [0.1, 0.15) is 24.2 Å². The molecule has 1 aliphatic rings. The SMILES string of the molecule is CC(=O)CCC(=O)O[C@@H]1C[C@H](n2cnc3c(=O)[nH]c(NC(=O)C(C)C)nc32)O[C@@H]1COP(OCCC#N)N(C(C)C)C(C)C. The van der Waals surface area contributed by atoms with Gasteiger partial charge in [-0.3, -0.25) is 29.3 Å². The molecule has 4 atom stereocenters. The number of carbonyl (C=O) groups excluding carboxylic acids is 3. The van der Waals surface area contributed by atoms with Crippen molar-refractivity contribution >= 4 is 43.3 Å². The van der Waals surface area contributed by atoms with Crippen LogP contribution in [0.5, 0.6) is 0 Å². The van der Waals surface area contributed by atoms with Gasteiger partial charge in [-0.1, -0.05) is 13.8 Å². The van der Waals surface area contributed by atoms with E-state index in [-0.39, 0.29) is 85.7 Å². The van der Waals surface area contributed by atoms with Gasteiger partial charge in [0, 0.05) is 30.8 Å². The number of amides is 1. The largest absolute Gasteiger partial charge is 0.459 e. The molecule has 2 aromatic heterocycles. The number of nitriles is 1. The number of aromatic amines is 1. The van der Waals surface area contributed by atoms with Crippen LogP contribution in [-0.4, -0.2) is 79.4 Å². The van der Waals surface area contributed by atoms with Crippen LogP contribution in [0, 0.1) is 17.2 Å². The van der Waals surface area contributed by atoms with Crippen molar-refractivity contribution in [3.05, 3.63) is 16.7 Å². The molecule has 1 aliphatic heterocycles. The van der Waals surface area contributed by atoms with Crippen LogP contribution in [0.15, 0.2) is 11.1 Å². The number of ketones is 1. The summed E-state index contributed by atoms with van der Waals surface area (Å²) in [5.74, 6) is -1.38. The van der Waals surface area contributed by atoms with E-state index in [1.165, 1.54) is 13.3 Å². The fourth-order valence-corrected chi connectivity index (χ4v) is 6.18. The van der Waals surface area contributed by atoms with Crippen molar-refractivity contribution in [3.8, 4) is 6.07 Å². The Balaban J connectivity index is 1.89. The van der Waals surface area contributed by atoms with Gasteiger partial charge >= 0.3 is 5.97 Å². The van der Waals surface area contributed by atoms with Gasteiger partial charge in [-0.15, -0.1) is 0 Å². The minimum absolute atomic E-state index is 0.00824. The monoisotopic (exact) mass is 635 g/mol. The van der Waals surface area contributed by atoms with Crippen molar-refractivity contribution in [1.29, 1.82) is 5.26 Å². The van der Waals surface area contributed by atoms with E-state index in [1.54, 1.807) is 18.4 Å². The van der Waals surface area contributed by atoms with Crippen LogP contribution in [0.1, 0.15) is 80.4 Å². The first kappa shape index (κ1) is 35.2. The minimum atomic E-state index is -1.60. The number of nitrogens with one attached hydrogen (secondary N) is 2. The maximum atomic E-state index is 12.7. The van der Waals surface area contributed by atoms with E-state index in [4.69, 9.17) is 23.8 Å². The molecule has 44 heavy (non-hydrogen) atoms. The van der Waals surface area contributed by atoms with Gasteiger partial charge in [0.05, 0.1) is 38.5 Å². The Hall–Kier alpha value is -3.28. The molecule has 0 aromatic carbocycles. The standard InChI is InChI=1S/C28H42N7O8P/c1-16(2)26(38)32-28-31-25-24(27(39)33-28)30-15-34(25)22-13-20(43-23(37)10-9-19(7)36)21(42-22)14-41-44(40-12-8-11-29)35(17(3)4)18(5)6/h15-18,20-22H,8-10,12-14H2,1-7H3,(H2,31,32,33,38,39)/t20-,21-,22-,44?/m1/s1. The maximum Gasteiger partial charge on any atom is 0.306 e. The van der Waals surface area contributed by atoms with Crippen LogP contribution in [-0.2, 0) is 32.9 Å². The summed E-state index contributed by atoms with van der Waals surface area (Å²) in [5.41, 5.74) is -0.320. The van der Waals surface area contributed by atoms with Crippen molar-refractivity contribution in [2.75, 3.05) is 18.5 Å². The van der Waals surface area contributed by atoms with Gasteiger partial charge < -0.3 is 23.3 Å². The summed E-state index contributed by atoms with van der Waals surface area (Å²) >= 11 is 0. The molecule has 2 N–H and O–H groups in total. The Morgan fingerprint density at radius 3 is 2.52 bits per heavy atom. The van der Waals surface area contributed by atoms with Gasteiger partial charge in [-0.05, 0) is 34.6 Å². The van der Waals surface area contributed by atoms with Gasteiger partial charge in [-0.25, -0.2) is 9.65 Å². The molecule has 3 heterocycles. The zero-order chi connectivity index (χ0) is 32.6. The van der Waals surface area contributed by atoms with E-state index in [9.17, 15) is 19.2 Å².